The summed E-state index contributed by atoms with van der Waals surface area (Å²) in [6.07, 6.45) is 2.23. The fourth-order valence-corrected chi connectivity index (χ4v) is 5.51. The van der Waals surface area contributed by atoms with Crippen molar-refractivity contribution in [1.29, 1.82) is 0 Å². The number of carbonyl (C=O) groups excluding carboxylic acids is 2. The minimum atomic E-state index is -3.76. The lowest BCUT2D eigenvalue weighted by molar-refractivity contribution is 0.0472. The highest BCUT2D eigenvalue weighted by Crippen LogP contribution is 2.41. The summed E-state index contributed by atoms with van der Waals surface area (Å²) in [5, 5.41) is 3.02. The Hall–Kier alpha value is -3.41. The van der Waals surface area contributed by atoms with Crippen LogP contribution in [0.2, 0.25) is 10.0 Å². The molecule has 4 rings (SSSR count). The average molecular weight is 621 g/mol. The van der Waals surface area contributed by atoms with E-state index in [0.29, 0.717) is 23.4 Å². The number of rotatable bonds is 6. The number of hydrogen-bond donors (Lipinski definition) is 1. The van der Waals surface area contributed by atoms with Crippen LogP contribution in [0.25, 0.3) is 0 Å². The third kappa shape index (κ3) is 7.09. The van der Waals surface area contributed by atoms with Gasteiger partial charge in [-0.25, -0.2) is 27.9 Å². The van der Waals surface area contributed by atoms with Gasteiger partial charge in [-0.2, -0.15) is 4.98 Å². The number of halogens is 2. The van der Waals surface area contributed by atoms with Crippen molar-refractivity contribution >= 4 is 62.4 Å². The van der Waals surface area contributed by atoms with Gasteiger partial charge in [-0.3, -0.25) is 4.90 Å². The summed E-state index contributed by atoms with van der Waals surface area (Å²) >= 11 is 12.9. The first kappa shape index (κ1) is 30.5. The molecule has 1 aliphatic rings. The summed E-state index contributed by atoms with van der Waals surface area (Å²) in [4.78, 5) is 37.5. The second-order valence-corrected chi connectivity index (χ2v) is 14.1. The second-order valence-electron chi connectivity index (χ2n) is 11.4. The van der Waals surface area contributed by atoms with E-state index in [9.17, 15) is 18.0 Å². The molecule has 10 nitrogen and oxygen atoms in total. The molecule has 0 aliphatic carbocycles. The number of hydrogen-bond acceptors (Lipinski definition) is 7. The zero-order valence-corrected chi connectivity index (χ0v) is 25.9. The molecule has 218 valence electrons. The maximum atomic E-state index is 14.1. The maximum absolute atomic E-state index is 14.1. The van der Waals surface area contributed by atoms with Crippen LogP contribution in [0.5, 0.6) is 0 Å². The smallest absolute Gasteiger partial charge is 0.408 e. The summed E-state index contributed by atoms with van der Waals surface area (Å²) < 4.78 is 30.0. The predicted molar refractivity (Wildman–Crippen MR) is 159 cm³/mol. The van der Waals surface area contributed by atoms with Gasteiger partial charge >= 0.3 is 12.1 Å². The largest absolute Gasteiger partial charge is 0.444 e. The molecule has 0 fully saturated rings. The molecule has 0 bridgehead atoms. The van der Waals surface area contributed by atoms with Gasteiger partial charge < -0.3 is 10.1 Å². The van der Waals surface area contributed by atoms with E-state index >= 15 is 0 Å². The zero-order chi connectivity index (χ0) is 30.3. The van der Waals surface area contributed by atoms with Gasteiger partial charge in [0.1, 0.15) is 5.60 Å². The standard InChI is InChI=1S/C28H31Cl2N5O5S/c1-27(2,3)40-25(36)33-28(4,5)14-17-9-7-10-19(13-17)35-23-18(15-31-24(32-23)41(6,38)39)16-34(26(35)37)22-20(29)11-8-12-21(22)30/h7-13,15H,14,16H2,1-6H3,(H,33,36). The van der Waals surface area contributed by atoms with Crippen molar-refractivity contribution in [3.63, 3.8) is 0 Å². The molecule has 13 heteroatoms. The molecule has 2 aromatic carbocycles. The Balaban J connectivity index is 1.77. The van der Waals surface area contributed by atoms with Crippen molar-refractivity contribution in [2.24, 2.45) is 0 Å². The molecule has 3 amide bonds. The van der Waals surface area contributed by atoms with Crippen molar-refractivity contribution in [3.05, 3.63) is 69.8 Å². The van der Waals surface area contributed by atoms with E-state index in [0.717, 1.165) is 11.8 Å². The van der Waals surface area contributed by atoms with Crippen LogP contribution in [-0.2, 0) is 27.5 Å². The van der Waals surface area contributed by atoms with Crippen molar-refractivity contribution in [2.75, 3.05) is 16.1 Å². The van der Waals surface area contributed by atoms with Gasteiger partial charge in [0.05, 0.1) is 28.0 Å². The van der Waals surface area contributed by atoms with Crippen LogP contribution in [0, 0.1) is 0 Å². The van der Waals surface area contributed by atoms with Crippen molar-refractivity contribution in [3.8, 4) is 0 Å². The first-order valence-electron chi connectivity index (χ1n) is 12.7. The molecule has 1 aromatic heterocycles. The summed E-state index contributed by atoms with van der Waals surface area (Å²) in [6.45, 7) is 9.09. The fraction of sp³-hybridized carbons (Fsp3) is 0.357. The lowest BCUT2D eigenvalue weighted by Gasteiger charge is -2.37. The SMILES string of the molecule is CC(C)(Cc1cccc(N2C(=O)N(c3c(Cl)cccc3Cl)Cc3cnc(S(C)(=O)=O)nc32)c1)NC(=O)OC(C)(C)C. The third-order valence-electron chi connectivity index (χ3n) is 5.98. The minimum Gasteiger partial charge on any atom is -0.444 e. The highest BCUT2D eigenvalue weighted by atomic mass is 35.5. The van der Waals surface area contributed by atoms with Crippen LogP contribution in [0.15, 0.2) is 53.8 Å². The van der Waals surface area contributed by atoms with E-state index in [2.05, 4.69) is 15.3 Å². The molecule has 3 aromatic rings. The van der Waals surface area contributed by atoms with Crippen LogP contribution in [0.1, 0.15) is 45.7 Å². The van der Waals surface area contributed by atoms with Gasteiger partial charge in [-0.05, 0) is 70.9 Å². The molecule has 0 radical (unpaired) electrons. The summed E-state index contributed by atoms with van der Waals surface area (Å²) in [6, 6.07) is 11.5. The normalized spacial score (nSPS) is 14.1. The topological polar surface area (TPSA) is 122 Å². The number of amides is 3. The van der Waals surface area contributed by atoms with Gasteiger partial charge in [0.15, 0.2) is 5.82 Å². The van der Waals surface area contributed by atoms with E-state index in [-0.39, 0.29) is 22.4 Å². The number of alkyl carbamates (subject to hydrolysis) is 1. The highest BCUT2D eigenvalue weighted by Gasteiger charge is 2.37. The lowest BCUT2D eigenvalue weighted by atomic mass is 9.94. The van der Waals surface area contributed by atoms with Crippen LogP contribution in [-0.4, -0.2) is 47.9 Å². The monoisotopic (exact) mass is 619 g/mol. The van der Waals surface area contributed by atoms with Gasteiger partial charge in [0.25, 0.3) is 0 Å². The van der Waals surface area contributed by atoms with E-state index < -0.39 is 38.3 Å². The Bertz CT molecular complexity index is 1600. The Morgan fingerprint density at radius 2 is 1.71 bits per heavy atom. The van der Waals surface area contributed by atoms with E-state index in [4.69, 9.17) is 27.9 Å². The molecule has 0 spiro atoms. The number of fused-ring (bicyclic) bond motifs is 1. The van der Waals surface area contributed by atoms with Crippen molar-refractivity contribution in [1.82, 2.24) is 15.3 Å². The van der Waals surface area contributed by atoms with E-state index in [1.54, 1.807) is 57.2 Å². The van der Waals surface area contributed by atoms with Crippen molar-refractivity contribution in [2.45, 2.75) is 63.9 Å². The first-order valence-corrected chi connectivity index (χ1v) is 15.3. The Morgan fingerprint density at radius 3 is 2.32 bits per heavy atom. The molecular weight excluding hydrogens is 589 g/mol. The molecule has 0 saturated heterocycles. The third-order valence-corrected chi connectivity index (χ3v) is 7.45. The van der Waals surface area contributed by atoms with Gasteiger partial charge in [-0.15, -0.1) is 0 Å². The quantitative estimate of drug-likeness (QED) is 0.321. The number of para-hydroxylation sites is 1. The number of nitrogens with one attached hydrogen (secondary N) is 1. The second kappa shape index (κ2) is 11.1. The fourth-order valence-electron chi connectivity index (χ4n) is 4.41. The molecule has 41 heavy (non-hydrogen) atoms. The first-order chi connectivity index (χ1) is 18.9. The van der Waals surface area contributed by atoms with Gasteiger partial charge in [-0.1, -0.05) is 41.4 Å². The molecule has 0 unspecified atom stereocenters. The Morgan fingerprint density at radius 1 is 1.07 bits per heavy atom. The number of urea groups is 1. The highest BCUT2D eigenvalue weighted by molar-refractivity contribution is 7.90. The Labute approximate surface area is 249 Å². The van der Waals surface area contributed by atoms with Gasteiger partial charge in [0, 0.05) is 23.6 Å². The van der Waals surface area contributed by atoms with Crippen LogP contribution in [0.3, 0.4) is 0 Å². The summed E-state index contributed by atoms with van der Waals surface area (Å²) in [5.41, 5.74) is 0.669. The molecule has 1 aliphatic heterocycles. The molecule has 0 saturated carbocycles. The maximum Gasteiger partial charge on any atom is 0.408 e. The van der Waals surface area contributed by atoms with Crippen LogP contribution >= 0.6 is 23.2 Å². The summed E-state index contributed by atoms with van der Waals surface area (Å²) in [7, 11) is -3.76. The van der Waals surface area contributed by atoms with Crippen molar-refractivity contribution < 1.29 is 22.7 Å². The zero-order valence-electron chi connectivity index (χ0n) is 23.5. The summed E-state index contributed by atoms with van der Waals surface area (Å²) in [5.74, 6) is 0.133. The number of anilines is 3. The number of benzene rings is 2. The number of ether oxygens (including phenoxy) is 1. The predicted octanol–water partition coefficient (Wildman–Crippen LogP) is 6.31. The Kier molecular flexibility index (Phi) is 8.28. The number of sulfone groups is 1. The molecule has 0 atom stereocenters. The van der Waals surface area contributed by atoms with Crippen LogP contribution in [0.4, 0.5) is 26.8 Å². The molecule has 1 N–H and O–H groups in total. The number of carbonyl (C=O) groups is 2. The number of aromatic nitrogens is 2. The van der Waals surface area contributed by atoms with Gasteiger partial charge in [0.2, 0.25) is 15.0 Å². The van der Waals surface area contributed by atoms with E-state index in [1.165, 1.54) is 16.0 Å². The molecule has 2 heterocycles. The average Bonchev–Trinajstić information content (AvgIpc) is 2.81. The lowest BCUT2D eigenvalue weighted by Crippen LogP contribution is -2.47. The van der Waals surface area contributed by atoms with Crippen LogP contribution < -0.4 is 15.1 Å². The molecular formula is C28H31Cl2N5O5S. The minimum absolute atomic E-state index is 0.0185. The number of nitrogens with zero attached hydrogens (tertiary/aromatic N) is 4. The van der Waals surface area contributed by atoms with E-state index in [1.807, 2.05) is 19.9 Å².